The summed E-state index contributed by atoms with van der Waals surface area (Å²) in [7, 11) is 0. The SMILES string of the molecule is CC1=C(C(=O)Nc2ccccc2)[C@H](c2ccc(F)cc2)n2c(s/c(=C\c3cccc(OCC(=O)O)c3)c2=O)=N1. The molecule has 0 saturated carbocycles. The quantitative estimate of drug-likeness (QED) is 0.371. The highest BCUT2D eigenvalue weighted by atomic mass is 32.1. The zero-order chi connectivity index (χ0) is 27.5. The number of hydrogen-bond acceptors (Lipinski definition) is 6. The van der Waals surface area contributed by atoms with E-state index in [0.29, 0.717) is 37.6 Å². The average molecular weight is 544 g/mol. The molecule has 0 spiro atoms. The number of rotatable bonds is 7. The number of benzene rings is 3. The zero-order valence-electron chi connectivity index (χ0n) is 20.6. The van der Waals surface area contributed by atoms with Crippen molar-refractivity contribution in [3.8, 4) is 5.75 Å². The molecule has 196 valence electrons. The summed E-state index contributed by atoms with van der Waals surface area (Å²) in [5.41, 5.74) is 2.11. The van der Waals surface area contributed by atoms with Crippen molar-refractivity contribution >= 4 is 35.0 Å². The fourth-order valence-electron chi connectivity index (χ4n) is 4.28. The molecular weight excluding hydrogens is 521 g/mol. The van der Waals surface area contributed by atoms with Gasteiger partial charge >= 0.3 is 5.97 Å². The van der Waals surface area contributed by atoms with E-state index < -0.39 is 30.3 Å². The molecular formula is C29H22FN3O5S. The molecule has 0 aliphatic carbocycles. The number of aliphatic carboxylic acids is 1. The van der Waals surface area contributed by atoms with Crippen LogP contribution >= 0.6 is 11.3 Å². The monoisotopic (exact) mass is 543 g/mol. The van der Waals surface area contributed by atoms with Crippen molar-refractivity contribution in [1.82, 2.24) is 4.57 Å². The second kappa shape index (κ2) is 10.9. The fraction of sp³-hybridized carbons (Fsp3) is 0.103. The Morgan fingerprint density at radius 1 is 1.10 bits per heavy atom. The summed E-state index contributed by atoms with van der Waals surface area (Å²) in [5.74, 6) is -1.61. The Hall–Kier alpha value is -4.83. The lowest BCUT2D eigenvalue weighted by Gasteiger charge is -2.25. The van der Waals surface area contributed by atoms with Gasteiger partial charge in [-0.2, -0.15) is 0 Å². The van der Waals surface area contributed by atoms with Crippen LogP contribution in [0.4, 0.5) is 10.1 Å². The standard InChI is InChI=1S/C29H22FN3O5S/c1-17-25(27(36)32-21-7-3-2-4-8-21)26(19-10-12-20(30)13-11-19)33-28(37)23(39-29(33)31-17)15-18-6-5-9-22(14-18)38-16-24(34)35/h2-15,26H,16H2,1H3,(H,32,36)(H,34,35)/b23-15-/t26-/m0/s1. The third-order valence-corrected chi connectivity index (χ3v) is 6.98. The maximum Gasteiger partial charge on any atom is 0.341 e. The number of fused-ring (bicyclic) bond motifs is 1. The summed E-state index contributed by atoms with van der Waals surface area (Å²) in [6.07, 6.45) is 1.65. The summed E-state index contributed by atoms with van der Waals surface area (Å²) in [5, 5.41) is 11.7. The van der Waals surface area contributed by atoms with Crippen LogP contribution in [0.5, 0.6) is 5.75 Å². The molecule has 3 aromatic carbocycles. The molecule has 1 aliphatic heterocycles. The van der Waals surface area contributed by atoms with Crippen molar-refractivity contribution in [1.29, 1.82) is 0 Å². The Kier molecular flexibility index (Phi) is 7.20. The molecule has 0 saturated heterocycles. The number of para-hydroxylation sites is 1. The van der Waals surface area contributed by atoms with Crippen LogP contribution in [0.25, 0.3) is 6.08 Å². The molecule has 0 unspecified atom stereocenters. The van der Waals surface area contributed by atoms with E-state index in [1.165, 1.54) is 16.7 Å². The first kappa shape index (κ1) is 25.8. The third kappa shape index (κ3) is 5.55. The number of carboxylic acids is 1. The van der Waals surface area contributed by atoms with E-state index in [-0.39, 0.29) is 11.1 Å². The van der Waals surface area contributed by atoms with Crippen LogP contribution in [-0.2, 0) is 9.59 Å². The van der Waals surface area contributed by atoms with E-state index in [1.54, 1.807) is 73.7 Å². The van der Waals surface area contributed by atoms with Crippen molar-refractivity contribution in [2.24, 2.45) is 4.99 Å². The number of nitrogens with zero attached hydrogens (tertiary/aromatic N) is 2. The fourth-order valence-corrected chi connectivity index (χ4v) is 5.33. The Bertz CT molecular complexity index is 1780. The molecule has 1 aliphatic rings. The van der Waals surface area contributed by atoms with E-state index in [1.807, 2.05) is 6.07 Å². The van der Waals surface area contributed by atoms with E-state index in [4.69, 9.17) is 9.84 Å². The maximum absolute atomic E-state index is 13.8. The van der Waals surface area contributed by atoms with Crippen LogP contribution in [0.3, 0.4) is 0 Å². The number of amides is 1. The largest absolute Gasteiger partial charge is 0.482 e. The number of ether oxygens (including phenoxy) is 1. The topological polar surface area (TPSA) is 110 Å². The first-order valence-electron chi connectivity index (χ1n) is 11.9. The van der Waals surface area contributed by atoms with E-state index in [2.05, 4.69) is 10.3 Å². The van der Waals surface area contributed by atoms with Crippen LogP contribution < -0.4 is 24.9 Å². The molecule has 2 N–H and O–H groups in total. The number of anilines is 1. The molecule has 1 amide bonds. The van der Waals surface area contributed by atoms with Crippen LogP contribution in [0.2, 0.25) is 0 Å². The summed E-state index contributed by atoms with van der Waals surface area (Å²) in [6.45, 7) is 1.22. The van der Waals surface area contributed by atoms with Crippen LogP contribution in [0.15, 0.2) is 99.9 Å². The van der Waals surface area contributed by atoms with E-state index in [0.717, 1.165) is 11.3 Å². The number of thiazole rings is 1. The molecule has 0 bridgehead atoms. The van der Waals surface area contributed by atoms with Gasteiger partial charge in [0, 0.05) is 5.69 Å². The second-order valence-electron chi connectivity index (χ2n) is 8.71. The van der Waals surface area contributed by atoms with E-state index >= 15 is 0 Å². The second-order valence-corrected chi connectivity index (χ2v) is 9.72. The molecule has 39 heavy (non-hydrogen) atoms. The highest BCUT2D eigenvalue weighted by Crippen LogP contribution is 2.31. The molecule has 2 heterocycles. The van der Waals surface area contributed by atoms with Gasteiger partial charge in [0.1, 0.15) is 11.6 Å². The summed E-state index contributed by atoms with van der Waals surface area (Å²) in [4.78, 5) is 43.1. The van der Waals surface area contributed by atoms with Gasteiger partial charge in [0.2, 0.25) is 0 Å². The van der Waals surface area contributed by atoms with Gasteiger partial charge in [0.15, 0.2) is 11.4 Å². The van der Waals surface area contributed by atoms with Gasteiger partial charge in [-0.25, -0.2) is 14.2 Å². The highest BCUT2D eigenvalue weighted by molar-refractivity contribution is 7.07. The number of allylic oxidation sites excluding steroid dienone is 1. The first-order chi connectivity index (χ1) is 18.8. The number of carbonyl (C=O) groups excluding carboxylic acids is 1. The predicted octanol–water partition coefficient (Wildman–Crippen LogP) is 3.48. The Morgan fingerprint density at radius 3 is 2.56 bits per heavy atom. The third-order valence-electron chi connectivity index (χ3n) is 6.00. The summed E-state index contributed by atoms with van der Waals surface area (Å²) >= 11 is 1.16. The Labute approximate surface area is 225 Å². The van der Waals surface area contributed by atoms with Crippen molar-refractivity contribution < 1.29 is 23.8 Å². The van der Waals surface area contributed by atoms with Gasteiger partial charge in [0.25, 0.3) is 11.5 Å². The zero-order valence-corrected chi connectivity index (χ0v) is 21.4. The van der Waals surface area contributed by atoms with Gasteiger partial charge < -0.3 is 15.2 Å². The minimum absolute atomic E-state index is 0.272. The number of aromatic nitrogens is 1. The number of carboxylic acid groups (broad SMARTS) is 1. The molecule has 0 fully saturated rings. The number of nitrogens with one attached hydrogen (secondary N) is 1. The molecule has 5 rings (SSSR count). The molecule has 0 radical (unpaired) electrons. The number of carbonyl (C=O) groups is 2. The molecule has 8 nitrogen and oxygen atoms in total. The minimum atomic E-state index is -1.10. The Balaban J connectivity index is 1.61. The lowest BCUT2D eigenvalue weighted by atomic mass is 9.95. The highest BCUT2D eigenvalue weighted by Gasteiger charge is 2.32. The lowest BCUT2D eigenvalue weighted by Crippen LogP contribution is -2.40. The smallest absolute Gasteiger partial charge is 0.341 e. The van der Waals surface area contributed by atoms with Gasteiger partial charge in [-0.05, 0) is 60.5 Å². The first-order valence-corrected chi connectivity index (χ1v) is 12.7. The molecule has 4 aromatic rings. The molecule has 1 aromatic heterocycles. The molecule has 10 heteroatoms. The van der Waals surface area contributed by atoms with E-state index in [9.17, 15) is 18.8 Å². The summed E-state index contributed by atoms with van der Waals surface area (Å²) < 4.78 is 20.8. The van der Waals surface area contributed by atoms with Crippen molar-refractivity contribution in [2.45, 2.75) is 13.0 Å². The van der Waals surface area contributed by atoms with Gasteiger partial charge in [-0.3, -0.25) is 14.2 Å². The van der Waals surface area contributed by atoms with Crippen LogP contribution in [0, 0.1) is 5.82 Å². The normalized spacial score (nSPS) is 14.9. The molecule has 1 atom stereocenters. The predicted molar refractivity (Wildman–Crippen MR) is 145 cm³/mol. The van der Waals surface area contributed by atoms with Crippen LogP contribution in [0.1, 0.15) is 24.1 Å². The Morgan fingerprint density at radius 2 is 1.85 bits per heavy atom. The van der Waals surface area contributed by atoms with Crippen LogP contribution in [-0.4, -0.2) is 28.2 Å². The van der Waals surface area contributed by atoms with Gasteiger partial charge in [0.05, 0.1) is 21.8 Å². The number of hydrogen-bond donors (Lipinski definition) is 2. The van der Waals surface area contributed by atoms with Gasteiger partial charge in [-0.1, -0.05) is 53.8 Å². The van der Waals surface area contributed by atoms with Crippen molar-refractivity contribution in [3.05, 3.63) is 127 Å². The van der Waals surface area contributed by atoms with Crippen molar-refractivity contribution in [2.75, 3.05) is 11.9 Å². The lowest BCUT2D eigenvalue weighted by molar-refractivity contribution is -0.139. The summed E-state index contributed by atoms with van der Waals surface area (Å²) in [6, 6.07) is 20.5. The number of halogens is 1. The maximum atomic E-state index is 13.8. The minimum Gasteiger partial charge on any atom is -0.482 e. The average Bonchev–Trinajstić information content (AvgIpc) is 3.22. The van der Waals surface area contributed by atoms with Gasteiger partial charge in [-0.15, -0.1) is 0 Å². The van der Waals surface area contributed by atoms with Crippen molar-refractivity contribution in [3.63, 3.8) is 0 Å².